The van der Waals surface area contributed by atoms with Gasteiger partial charge in [-0.15, -0.1) is 11.3 Å². The zero-order chi connectivity index (χ0) is 20.6. The summed E-state index contributed by atoms with van der Waals surface area (Å²) in [5.41, 5.74) is 5.33. The van der Waals surface area contributed by atoms with Gasteiger partial charge >= 0.3 is 0 Å². The molecule has 8 nitrogen and oxygen atoms in total. The summed E-state index contributed by atoms with van der Waals surface area (Å²) in [6.45, 7) is 0.194. The quantitative estimate of drug-likeness (QED) is 0.434. The van der Waals surface area contributed by atoms with E-state index in [-0.39, 0.29) is 24.4 Å². The van der Waals surface area contributed by atoms with Gasteiger partial charge in [0.25, 0.3) is 12.0 Å². The van der Waals surface area contributed by atoms with Gasteiger partial charge in [-0.05, 0) is 23.8 Å². The number of thiazole rings is 1. The lowest BCUT2D eigenvalue weighted by Gasteiger charge is -2.06. The van der Waals surface area contributed by atoms with Crippen LogP contribution in [-0.4, -0.2) is 32.4 Å². The Morgan fingerprint density at radius 1 is 1.17 bits per heavy atom. The second kappa shape index (κ2) is 9.56. The molecule has 2 heterocycles. The first-order chi connectivity index (χ1) is 14.1. The highest BCUT2D eigenvalue weighted by Crippen LogP contribution is 2.21. The van der Waals surface area contributed by atoms with Gasteiger partial charge in [0.15, 0.2) is 0 Å². The van der Waals surface area contributed by atoms with Gasteiger partial charge in [0, 0.05) is 19.4 Å². The molecule has 0 atom stereocenters. The van der Waals surface area contributed by atoms with Crippen LogP contribution in [-0.2, 0) is 22.6 Å². The second-order valence-electron chi connectivity index (χ2n) is 6.03. The van der Waals surface area contributed by atoms with E-state index in [2.05, 4.69) is 20.3 Å². The van der Waals surface area contributed by atoms with E-state index in [0.717, 1.165) is 21.3 Å². The topological polar surface area (TPSA) is 125 Å². The van der Waals surface area contributed by atoms with Crippen molar-refractivity contribution in [2.45, 2.75) is 19.4 Å². The highest BCUT2D eigenvalue weighted by Gasteiger charge is 2.09. The van der Waals surface area contributed by atoms with Crippen LogP contribution >= 0.6 is 11.3 Å². The van der Waals surface area contributed by atoms with E-state index >= 15 is 0 Å². The number of aryl methyl sites for hydroxylation is 1. The Balaban J connectivity index is 0.000000755. The molecule has 0 fully saturated rings. The molecule has 0 spiro atoms. The van der Waals surface area contributed by atoms with Gasteiger partial charge in [-0.2, -0.15) is 0 Å². The maximum absolute atomic E-state index is 12.2. The lowest BCUT2D eigenvalue weighted by molar-refractivity contribution is -0.123. The molecule has 148 valence electrons. The van der Waals surface area contributed by atoms with E-state index in [1.807, 2.05) is 36.4 Å². The molecule has 4 aromatic rings. The van der Waals surface area contributed by atoms with Gasteiger partial charge in [-0.3, -0.25) is 14.4 Å². The zero-order valence-electron chi connectivity index (χ0n) is 15.3. The number of H-pyrrole nitrogens is 1. The lowest BCUT2D eigenvalue weighted by Crippen LogP contribution is -2.24. The molecule has 29 heavy (non-hydrogen) atoms. The molecule has 0 saturated heterocycles. The van der Waals surface area contributed by atoms with Gasteiger partial charge in [-0.1, -0.05) is 24.3 Å². The number of rotatable bonds is 5. The molecule has 0 aliphatic heterocycles. The minimum Gasteiger partial charge on any atom is -0.483 e. The van der Waals surface area contributed by atoms with Crippen LogP contribution < -0.4 is 10.9 Å². The monoisotopic (exact) mass is 410 g/mol. The van der Waals surface area contributed by atoms with Gasteiger partial charge in [0.2, 0.25) is 5.91 Å². The van der Waals surface area contributed by atoms with Crippen molar-refractivity contribution in [2.24, 2.45) is 0 Å². The molecule has 2 aromatic carbocycles. The predicted molar refractivity (Wildman–Crippen MR) is 111 cm³/mol. The summed E-state index contributed by atoms with van der Waals surface area (Å²) in [6, 6.07) is 13.2. The first-order valence-electron chi connectivity index (χ1n) is 8.76. The second-order valence-corrected chi connectivity index (χ2v) is 6.88. The summed E-state index contributed by atoms with van der Waals surface area (Å²) in [5.74, 6) is -0.110. The SMILES string of the molecule is O=C(CCc1nc2ccccc2[nH]c1=O)NCc1cccc2ncsc12.O=CO. The molecule has 2 aromatic heterocycles. The van der Waals surface area contributed by atoms with Crippen molar-refractivity contribution in [1.82, 2.24) is 20.3 Å². The third-order valence-electron chi connectivity index (χ3n) is 4.17. The molecular weight excluding hydrogens is 392 g/mol. The van der Waals surface area contributed by atoms with E-state index in [1.165, 1.54) is 0 Å². The third-order valence-corrected chi connectivity index (χ3v) is 5.09. The van der Waals surface area contributed by atoms with Crippen molar-refractivity contribution in [1.29, 1.82) is 0 Å². The van der Waals surface area contributed by atoms with Crippen molar-refractivity contribution in [3.05, 3.63) is 69.6 Å². The van der Waals surface area contributed by atoms with Crippen LogP contribution in [0.3, 0.4) is 0 Å². The number of nitrogens with zero attached hydrogens (tertiary/aromatic N) is 2. The summed E-state index contributed by atoms with van der Waals surface area (Å²) >= 11 is 1.56. The Bertz CT molecular complexity index is 1200. The van der Waals surface area contributed by atoms with Crippen LogP contribution in [0.2, 0.25) is 0 Å². The molecule has 1 amide bonds. The first kappa shape index (κ1) is 20.2. The number of carbonyl (C=O) groups excluding carboxylic acids is 1. The van der Waals surface area contributed by atoms with E-state index < -0.39 is 0 Å². The Labute approximate surface area is 169 Å². The fraction of sp³-hybridized carbons (Fsp3) is 0.150. The summed E-state index contributed by atoms with van der Waals surface area (Å²) in [7, 11) is 0. The smallest absolute Gasteiger partial charge is 0.290 e. The molecule has 0 radical (unpaired) electrons. The Kier molecular flexibility index (Phi) is 6.64. The number of benzene rings is 2. The molecule has 3 N–H and O–H groups in total. The van der Waals surface area contributed by atoms with Crippen LogP contribution in [0.4, 0.5) is 0 Å². The van der Waals surface area contributed by atoms with Gasteiger partial charge < -0.3 is 15.4 Å². The maximum Gasteiger partial charge on any atom is 0.290 e. The van der Waals surface area contributed by atoms with Crippen LogP contribution in [0, 0.1) is 0 Å². The molecule has 9 heteroatoms. The van der Waals surface area contributed by atoms with Gasteiger partial charge in [0.1, 0.15) is 5.69 Å². The van der Waals surface area contributed by atoms with Crippen molar-refractivity contribution in [3.8, 4) is 0 Å². The summed E-state index contributed by atoms with van der Waals surface area (Å²) in [4.78, 5) is 44.1. The minimum absolute atomic E-state index is 0.110. The van der Waals surface area contributed by atoms with E-state index in [9.17, 15) is 9.59 Å². The predicted octanol–water partition coefficient (Wildman–Crippen LogP) is 2.48. The van der Waals surface area contributed by atoms with Crippen LogP contribution in [0.5, 0.6) is 0 Å². The number of para-hydroxylation sites is 2. The number of carboxylic acid groups (broad SMARTS) is 1. The Hall–Kier alpha value is -3.59. The Morgan fingerprint density at radius 2 is 1.93 bits per heavy atom. The van der Waals surface area contributed by atoms with E-state index in [1.54, 1.807) is 22.9 Å². The number of hydrogen-bond acceptors (Lipinski definition) is 6. The minimum atomic E-state index is -0.250. The van der Waals surface area contributed by atoms with E-state index in [4.69, 9.17) is 9.90 Å². The fourth-order valence-corrected chi connectivity index (χ4v) is 3.64. The fourth-order valence-electron chi connectivity index (χ4n) is 2.84. The van der Waals surface area contributed by atoms with E-state index in [0.29, 0.717) is 24.2 Å². The van der Waals surface area contributed by atoms with Crippen molar-refractivity contribution < 1.29 is 14.7 Å². The number of carbonyl (C=O) groups is 2. The molecule has 4 rings (SSSR count). The van der Waals surface area contributed by atoms with Crippen molar-refractivity contribution in [2.75, 3.05) is 0 Å². The van der Waals surface area contributed by atoms with Crippen molar-refractivity contribution >= 4 is 45.0 Å². The molecule has 0 aliphatic carbocycles. The summed E-state index contributed by atoms with van der Waals surface area (Å²) in [5, 5.41) is 9.80. The maximum atomic E-state index is 12.2. The largest absolute Gasteiger partial charge is 0.483 e. The summed E-state index contributed by atoms with van der Waals surface area (Å²) in [6.07, 6.45) is 0.518. The number of aromatic nitrogens is 3. The van der Waals surface area contributed by atoms with Gasteiger partial charge in [-0.25, -0.2) is 9.97 Å². The number of aromatic amines is 1. The molecule has 0 saturated carbocycles. The Morgan fingerprint density at radius 3 is 2.76 bits per heavy atom. The lowest BCUT2D eigenvalue weighted by atomic mass is 10.2. The first-order valence-corrected chi connectivity index (χ1v) is 9.64. The average molecular weight is 410 g/mol. The number of hydrogen-bond donors (Lipinski definition) is 3. The summed E-state index contributed by atoms with van der Waals surface area (Å²) < 4.78 is 1.08. The third kappa shape index (κ3) is 5.02. The normalized spacial score (nSPS) is 10.3. The molecule has 0 bridgehead atoms. The average Bonchev–Trinajstić information content (AvgIpc) is 3.20. The highest BCUT2D eigenvalue weighted by atomic mass is 32.1. The molecular formula is C20H18N4O4S. The molecule has 0 aliphatic rings. The number of amides is 1. The van der Waals surface area contributed by atoms with Crippen LogP contribution in [0.25, 0.3) is 21.3 Å². The molecule has 0 unspecified atom stereocenters. The number of nitrogens with one attached hydrogen (secondary N) is 2. The highest BCUT2D eigenvalue weighted by molar-refractivity contribution is 7.16. The standard InChI is InChI=1S/C19H16N4O2S.CH2O2/c24-17(20-10-12-4-3-7-15-18(12)26-11-21-15)9-8-16-19(25)23-14-6-2-1-5-13(14)22-16;2-1-3/h1-7,11H,8-10H2,(H,20,24)(H,23,25);1H,(H,2,3). The van der Waals surface area contributed by atoms with Crippen LogP contribution in [0.1, 0.15) is 17.7 Å². The zero-order valence-corrected chi connectivity index (χ0v) is 16.1. The number of fused-ring (bicyclic) bond motifs is 2. The van der Waals surface area contributed by atoms with Crippen LogP contribution in [0.15, 0.2) is 52.8 Å². The van der Waals surface area contributed by atoms with Crippen molar-refractivity contribution in [3.63, 3.8) is 0 Å². The van der Waals surface area contributed by atoms with Gasteiger partial charge in [0.05, 0.1) is 26.8 Å².